The van der Waals surface area contributed by atoms with Crippen molar-refractivity contribution < 1.29 is 63.5 Å². The van der Waals surface area contributed by atoms with Crippen LogP contribution < -0.4 is 38.1 Å². The predicted octanol–water partition coefficient (Wildman–Crippen LogP) is 5.91. The van der Waals surface area contributed by atoms with Crippen LogP contribution in [0.15, 0.2) is 118 Å². The number of nitrogens with one attached hydrogen (secondary N) is 5. The molecule has 10 bridgehead atoms. The topological polar surface area (TPSA) is 429 Å². The van der Waals surface area contributed by atoms with Gasteiger partial charge in [-0.05, 0) is 42.3 Å². The number of aromatic nitrogens is 7. The molecule has 0 saturated carbocycles. The maximum Gasteiger partial charge on any atom is 0.351 e. The normalized spacial score (nSPS) is 18.3. The van der Waals surface area contributed by atoms with E-state index in [0.717, 1.165) is 45.3 Å². The van der Waals surface area contributed by atoms with Crippen LogP contribution in [0.2, 0.25) is 0 Å². The minimum Gasteiger partial charge on any atom is -0.508 e. The third kappa shape index (κ3) is 14.9. The van der Waals surface area contributed by atoms with Crippen molar-refractivity contribution in [2.45, 2.75) is 63.1 Å². The molecule has 1 aliphatic heterocycles. The molecule has 8 heterocycles. The molecule has 0 aliphatic carbocycles. The van der Waals surface area contributed by atoms with E-state index in [-0.39, 0.29) is 66.4 Å². The summed E-state index contributed by atoms with van der Waals surface area (Å²) in [7, 11) is 0. The van der Waals surface area contributed by atoms with Crippen molar-refractivity contribution in [3.05, 3.63) is 172 Å². The van der Waals surface area contributed by atoms with Gasteiger partial charge in [0.2, 0.25) is 5.91 Å². The summed E-state index contributed by atoms with van der Waals surface area (Å²) in [4.78, 5) is 140. The van der Waals surface area contributed by atoms with Crippen LogP contribution in [-0.2, 0) is 30.3 Å². The summed E-state index contributed by atoms with van der Waals surface area (Å²) in [6, 6.07) is 12.7. The Morgan fingerprint density at radius 1 is 0.674 bits per heavy atom. The van der Waals surface area contributed by atoms with Crippen LogP contribution >= 0.6 is 68.0 Å². The van der Waals surface area contributed by atoms with Crippen LogP contribution in [0.25, 0.3) is 43.4 Å². The predicted molar refractivity (Wildman–Crippen MR) is 341 cm³/mol. The molecule has 2 aromatic carbocycles. The third-order valence-corrected chi connectivity index (χ3v) is 19.6. The largest absolute Gasteiger partial charge is 0.508 e. The Morgan fingerprint density at radius 3 is 2.02 bits per heavy atom. The standard InChI is InChI=1S/C59H52N14O13S6/c1-24-40(18-74)86-59(85)34(16-28-10-12-30(75)13-11-28)66-50(81)38-22-91-57(70-38)45(46(77)29-8-6-5-7-9-29)72-51(82)43-27(4)92-55(73-43)33(17-41(60)76)65-49(80)37-20-87-52(68-37)31-14-15-32(64-44(31)35-19-88-54(67-35)39-23-90-56(71-39)42(24)61)53-69-36(21-89-53)48(79)62-25(2)47(78)63-26(3)58(83)84/h5-15,19-24,33-34,40,42,45-46,74-75,77H,2-3,16-18,61H2,1,4H3,(H2,60,76)(H,62,79)(H,63,78)(H,65,80)(H,66,81)(H,72,82)(H,83,84). The number of hydrogen-bond donors (Lipinski definition) is 11. The second-order valence-electron chi connectivity index (χ2n) is 20.4. The number of rotatable bonds is 13. The number of hydrogen-bond acceptors (Lipinski definition) is 26. The lowest BCUT2D eigenvalue weighted by atomic mass is 9.96. The van der Waals surface area contributed by atoms with Gasteiger partial charge in [-0.25, -0.2) is 44.5 Å². The number of cyclic esters (lactones) is 1. The average molecular weight is 1360 g/mol. The number of carboxylic acid groups (broad SMARTS) is 1. The molecular formula is C59H52N14O13S6. The zero-order chi connectivity index (χ0) is 65.7. The van der Waals surface area contributed by atoms with Gasteiger partial charge in [0.05, 0.1) is 36.5 Å². The summed E-state index contributed by atoms with van der Waals surface area (Å²) < 4.78 is 5.97. The molecule has 0 spiro atoms. The number of amides is 6. The number of aliphatic carboxylic acids is 1. The smallest absolute Gasteiger partial charge is 0.351 e. The molecule has 7 unspecified atom stereocenters. The van der Waals surface area contributed by atoms with Gasteiger partial charge in [0.25, 0.3) is 29.5 Å². The number of benzene rings is 2. The van der Waals surface area contributed by atoms with Gasteiger partial charge in [-0.2, -0.15) is 0 Å². The van der Waals surface area contributed by atoms with Gasteiger partial charge in [-0.3, -0.25) is 28.8 Å². The fourth-order valence-electron chi connectivity index (χ4n) is 9.07. The summed E-state index contributed by atoms with van der Waals surface area (Å²) in [5.74, 6) is -8.35. The monoisotopic (exact) mass is 1360 g/mol. The van der Waals surface area contributed by atoms with Gasteiger partial charge in [-0.15, -0.1) is 68.0 Å². The molecule has 27 nitrogen and oxygen atoms in total. The van der Waals surface area contributed by atoms with Crippen LogP contribution in [0, 0.1) is 12.8 Å². The van der Waals surface area contributed by atoms with Crippen molar-refractivity contribution >= 4 is 115 Å². The second kappa shape index (κ2) is 28.2. The maximum absolute atomic E-state index is 14.5. The van der Waals surface area contributed by atoms with E-state index in [1.165, 1.54) is 50.9 Å². The number of thiazole rings is 6. The molecule has 0 saturated heterocycles. The number of ether oxygens (including phenoxy) is 1. The van der Waals surface area contributed by atoms with Gasteiger partial charge >= 0.3 is 11.9 Å². The Balaban J connectivity index is 1.02. The number of fused-ring (bicyclic) bond motifs is 14. The number of nitrogens with zero attached hydrogens (tertiary/aromatic N) is 7. The molecule has 0 fully saturated rings. The number of carbonyl (C=O) groups excluding carboxylic acids is 7. The molecule has 472 valence electrons. The van der Waals surface area contributed by atoms with Crippen LogP contribution in [0.5, 0.6) is 5.75 Å². The SMILES string of the molecule is C=C(NC(=O)C(=C)NC(=O)c1csc(-c2ccc3c(n2)-c2csc(n2)-c2csc(n2)C(N)C(C)C(CO)OC(=O)C(Cc2ccc(O)cc2)NC(=O)c2csc(n2)C(C(O)c2ccccc2)NC(=O)c2nc(sc2C)C(CC(N)=O)NC(=O)c2csc-3n2)n1)C(=O)O. The summed E-state index contributed by atoms with van der Waals surface area (Å²) in [5.41, 5.74) is 13.4. The van der Waals surface area contributed by atoms with Crippen molar-refractivity contribution in [2.24, 2.45) is 17.4 Å². The Morgan fingerprint density at radius 2 is 1.30 bits per heavy atom. The van der Waals surface area contributed by atoms with E-state index in [9.17, 15) is 53.7 Å². The van der Waals surface area contributed by atoms with Gasteiger partial charge < -0.3 is 63.2 Å². The van der Waals surface area contributed by atoms with E-state index in [4.69, 9.17) is 41.2 Å². The average Bonchev–Trinajstić information content (AvgIpc) is 1.65. The number of carbonyl (C=O) groups is 8. The highest BCUT2D eigenvalue weighted by Gasteiger charge is 2.36. The van der Waals surface area contributed by atoms with Crippen molar-refractivity contribution in [3.63, 3.8) is 0 Å². The maximum atomic E-state index is 14.5. The lowest BCUT2D eigenvalue weighted by molar-refractivity contribution is -0.157. The molecule has 13 N–H and O–H groups in total. The molecule has 1 aliphatic rings. The minimum atomic E-state index is -1.49. The van der Waals surface area contributed by atoms with Gasteiger partial charge in [0.15, 0.2) is 0 Å². The number of aromatic hydroxyl groups is 1. The Labute approximate surface area is 545 Å². The molecule has 7 aromatic heterocycles. The number of carboxylic acids is 1. The first-order valence-electron chi connectivity index (χ1n) is 27.3. The number of phenols is 1. The Hall–Kier alpha value is -9.71. The molecule has 92 heavy (non-hydrogen) atoms. The summed E-state index contributed by atoms with van der Waals surface area (Å²) in [6.45, 7) is 9.31. The number of nitrogens with two attached hydrogens (primary N) is 2. The van der Waals surface area contributed by atoms with E-state index < -0.39 is 114 Å². The fourth-order valence-corrected chi connectivity index (χ4v) is 14.3. The summed E-state index contributed by atoms with van der Waals surface area (Å²) >= 11 is 6.42. The fraction of sp³-hybridized carbons (Fsp3) is 0.203. The van der Waals surface area contributed by atoms with Crippen molar-refractivity contribution in [1.29, 1.82) is 0 Å². The van der Waals surface area contributed by atoms with E-state index in [2.05, 4.69) is 49.4 Å². The van der Waals surface area contributed by atoms with Crippen molar-refractivity contribution in [2.75, 3.05) is 6.61 Å². The number of esters is 1. The van der Waals surface area contributed by atoms with Gasteiger partial charge in [0.1, 0.15) is 106 Å². The molecule has 7 atom stereocenters. The Kier molecular flexibility index (Phi) is 20.0. The minimum absolute atomic E-state index is 0.0495. The number of primary amides is 1. The lowest BCUT2D eigenvalue weighted by Crippen LogP contribution is -2.46. The molecular weight excluding hydrogens is 1310 g/mol. The summed E-state index contributed by atoms with van der Waals surface area (Å²) in [5, 5.41) is 63.7. The summed E-state index contributed by atoms with van der Waals surface area (Å²) in [6.07, 6.45) is -3.30. The van der Waals surface area contributed by atoms with E-state index in [0.29, 0.717) is 43.0 Å². The van der Waals surface area contributed by atoms with Gasteiger partial charge in [-0.1, -0.05) is 62.5 Å². The van der Waals surface area contributed by atoms with Crippen LogP contribution in [0.3, 0.4) is 0 Å². The number of aliphatic hydroxyl groups excluding tert-OH is 2. The van der Waals surface area contributed by atoms with E-state index in [1.807, 2.05) is 5.32 Å². The van der Waals surface area contributed by atoms with E-state index >= 15 is 0 Å². The van der Waals surface area contributed by atoms with Gasteiger partial charge in [0, 0.05) is 49.7 Å². The zero-order valence-electron chi connectivity index (χ0n) is 48.0. The van der Waals surface area contributed by atoms with Crippen molar-refractivity contribution in [3.8, 4) is 49.1 Å². The number of phenolic OH excluding ortho intramolecular Hbond substituents is 1. The molecule has 33 heteroatoms. The van der Waals surface area contributed by atoms with Crippen LogP contribution in [-0.4, -0.2) is 121 Å². The highest BCUT2D eigenvalue weighted by molar-refractivity contribution is 7.15. The van der Waals surface area contributed by atoms with E-state index in [1.54, 1.807) is 79.2 Å². The number of pyridine rings is 1. The lowest BCUT2D eigenvalue weighted by Gasteiger charge is -2.28. The second-order valence-corrected chi connectivity index (χ2v) is 26.0. The molecule has 9 aromatic rings. The molecule has 0 radical (unpaired) electrons. The first-order chi connectivity index (χ1) is 44.0. The first-order valence-corrected chi connectivity index (χ1v) is 32.5. The molecule has 6 amide bonds. The number of aryl methyl sites for hydroxylation is 1. The Bertz CT molecular complexity index is 4350. The zero-order valence-corrected chi connectivity index (χ0v) is 52.9. The van der Waals surface area contributed by atoms with Crippen LogP contribution in [0.1, 0.15) is 111 Å². The van der Waals surface area contributed by atoms with Crippen LogP contribution in [0.4, 0.5) is 0 Å². The first kappa shape index (κ1) is 65.2. The quantitative estimate of drug-likeness (QED) is 0.0472. The highest BCUT2D eigenvalue weighted by atomic mass is 32.1. The molecule has 10 rings (SSSR count). The number of aliphatic hydroxyl groups is 2. The highest BCUT2D eigenvalue weighted by Crippen LogP contribution is 2.40. The van der Waals surface area contributed by atoms with Crippen molar-refractivity contribution in [1.82, 2.24) is 61.5 Å². The third-order valence-electron chi connectivity index (χ3n) is 14.0.